The molecule has 3 nitrogen and oxygen atoms in total. The normalized spacial score (nSPS) is 10.7. The number of nitrogens with zero attached hydrogens (tertiary/aromatic N) is 1. The van der Waals surface area contributed by atoms with Crippen LogP contribution in [0.1, 0.15) is 11.1 Å². The summed E-state index contributed by atoms with van der Waals surface area (Å²) >= 11 is 0. The third-order valence-electron chi connectivity index (χ3n) is 3.35. The zero-order valence-electron chi connectivity index (χ0n) is 11.6. The number of anilines is 3. The van der Waals surface area contributed by atoms with Crippen LogP contribution in [0.25, 0.3) is 10.8 Å². The van der Waals surface area contributed by atoms with E-state index in [9.17, 15) is 0 Å². The molecule has 0 aliphatic rings. The van der Waals surface area contributed by atoms with Crippen LogP contribution in [0.5, 0.6) is 0 Å². The lowest BCUT2D eigenvalue weighted by atomic mass is 10.1. The lowest BCUT2D eigenvalue weighted by Gasteiger charge is -2.12. The Kier molecular flexibility index (Phi) is 3.03. The molecular weight excluding hydrogens is 246 g/mol. The van der Waals surface area contributed by atoms with Crippen molar-refractivity contribution >= 4 is 27.8 Å². The Morgan fingerprint density at radius 1 is 0.950 bits per heavy atom. The Morgan fingerprint density at radius 2 is 1.70 bits per heavy atom. The third kappa shape index (κ3) is 2.30. The highest BCUT2D eigenvalue weighted by atomic mass is 14.9. The van der Waals surface area contributed by atoms with E-state index < -0.39 is 0 Å². The maximum absolute atomic E-state index is 6.00. The molecule has 0 aliphatic heterocycles. The number of hydrogen-bond donors (Lipinski definition) is 2. The highest BCUT2D eigenvalue weighted by Gasteiger charge is 2.05. The molecule has 0 fully saturated rings. The fourth-order valence-corrected chi connectivity index (χ4v) is 2.52. The minimum absolute atomic E-state index is 0.749. The van der Waals surface area contributed by atoms with E-state index in [4.69, 9.17) is 5.73 Å². The topological polar surface area (TPSA) is 50.9 Å². The number of nitrogens with one attached hydrogen (secondary N) is 1. The van der Waals surface area contributed by atoms with Crippen LogP contribution in [-0.4, -0.2) is 4.98 Å². The maximum atomic E-state index is 6.00. The van der Waals surface area contributed by atoms with Crippen molar-refractivity contribution < 1.29 is 0 Å². The molecule has 20 heavy (non-hydrogen) atoms. The molecule has 1 aromatic heterocycles. The van der Waals surface area contributed by atoms with E-state index in [2.05, 4.69) is 42.3 Å². The third-order valence-corrected chi connectivity index (χ3v) is 3.35. The first-order valence-electron chi connectivity index (χ1n) is 6.61. The molecule has 3 aromatic rings. The van der Waals surface area contributed by atoms with Crippen LogP contribution in [-0.2, 0) is 0 Å². The smallest absolute Gasteiger partial charge is 0.0466 e. The van der Waals surface area contributed by atoms with Gasteiger partial charge in [0.15, 0.2) is 0 Å². The first-order valence-corrected chi connectivity index (χ1v) is 6.61. The van der Waals surface area contributed by atoms with Crippen LogP contribution in [0, 0.1) is 13.8 Å². The molecule has 0 unspecified atom stereocenters. The molecule has 0 saturated heterocycles. The molecule has 0 aliphatic carbocycles. The van der Waals surface area contributed by atoms with E-state index in [1.54, 1.807) is 12.4 Å². The monoisotopic (exact) mass is 263 g/mol. The van der Waals surface area contributed by atoms with Gasteiger partial charge in [-0.1, -0.05) is 6.07 Å². The average Bonchev–Trinajstić information content (AvgIpc) is 2.41. The van der Waals surface area contributed by atoms with Gasteiger partial charge in [-0.05, 0) is 55.3 Å². The Morgan fingerprint density at radius 3 is 2.45 bits per heavy atom. The van der Waals surface area contributed by atoms with Crippen molar-refractivity contribution in [1.29, 1.82) is 0 Å². The fraction of sp³-hybridized carbons (Fsp3) is 0.118. The second kappa shape index (κ2) is 4.85. The van der Waals surface area contributed by atoms with E-state index in [-0.39, 0.29) is 0 Å². The zero-order valence-corrected chi connectivity index (χ0v) is 11.6. The second-order valence-corrected chi connectivity index (χ2v) is 5.12. The highest BCUT2D eigenvalue weighted by Crippen LogP contribution is 2.30. The van der Waals surface area contributed by atoms with E-state index in [1.807, 2.05) is 18.2 Å². The number of aryl methyl sites for hydroxylation is 2. The zero-order chi connectivity index (χ0) is 14.1. The summed E-state index contributed by atoms with van der Waals surface area (Å²) in [5.74, 6) is 0. The number of nitrogens with two attached hydrogens (primary N) is 1. The second-order valence-electron chi connectivity index (χ2n) is 5.12. The lowest BCUT2D eigenvalue weighted by Crippen LogP contribution is -1.95. The molecule has 0 atom stereocenters. The Hall–Kier alpha value is -2.55. The summed E-state index contributed by atoms with van der Waals surface area (Å²) < 4.78 is 0. The number of hydrogen-bond acceptors (Lipinski definition) is 3. The van der Waals surface area contributed by atoms with Crippen molar-refractivity contribution in [2.45, 2.75) is 13.8 Å². The standard InChI is InChI=1S/C17H17N3/c1-11-7-12(2)9-13(8-11)20-17-4-3-16(18)15-10-19-6-5-14(15)17/h3-10,20H,18H2,1-2H3. The summed E-state index contributed by atoms with van der Waals surface area (Å²) in [4.78, 5) is 4.14. The van der Waals surface area contributed by atoms with Gasteiger partial charge in [0.25, 0.3) is 0 Å². The SMILES string of the molecule is Cc1cc(C)cc(Nc2ccc(N)c3cnccc23)c1. The van der Waals surface area contributed by atoms with Gasteiger partial charge in [0.2, 0.25) is 0 Å². The predicted octanol–water partition coefficient (Wildman–Crippen LogP) is 4.18. The van der Waals surface area contributed by atoms with Gasteiger partial charge >= 0.3 is 0 Å². The average molecular weight is 263 g/mol. The molecule has 3 heteroatoms. The summed E-state index contributed by atoms with van der Waals surface area (Å²) in [7, 11) is 0. The van der Waals surface area contributed by atoms with Crippen LogP contribution >= 0.6 is 0 Å². The van der Waals surface area contributed by atoms with Gasteiger partial charge in [-0.3, -0.25) is 4.98 Å². The van der Waals surface area contributed by atoms with Gasteiger partial charge in [-0.15, -0.1) is 0 Å². The number of fused-ring (bicyclic) bond motifs is 1. The molecule has 0 spiro atoms. The summed E-state index contributed by atoms with van der Waals surface area (Å²) in [5.41, 5.74) is 11.4. The van der Waals surface area contributed by atoms with Crippen molar-refractivity contribution in [2.24, 2.45) is 0 Å². The molecule has 0 radical (unpaired) electrons. The molecule has 100 valence electrons. The summed E-state index contributed by atoms with van der Waals surface area (Å²) in [6, 6.07) is 12.3. The highest BCUT2D eigenvalue weighted by molar-refractivity contribution is 6.01. The number of aromatic nitrogens is 1. The first kappa shape index (κ1) is 12.5. The van der Waals surface area contributed by atoms with Crippen molar-refractivity contribution in [3.05, 3.63) is 59.9 Å². The van der Waals surface area contributed by atoms with Crippen LogP contribution < -0.4 is 11.1 Å². The van der Waals surface area contributed by atoms with E-state index >= 15 is 0 Å². The fourth-order valence-electron chi connectivity index (χ4n) is 2.52. The van der Waals surface area contributed by atoms with E-state index in [0.717, 1.165) is 27.8 Å². The Balaban J connectivity index is 2.09. The number of nitrogen functional groups attached to an aromatic ring is 1. The molecule has 1 heterocycles. The van der Waals surface area contributed by atoms with Crippen molar-refractivity contribution in [3.63, 3.8) is 0 Å². The van der Waals surface area contributed by atoms with Crippen LogP contribution in [0.15, 0.2) is 48.8 Å². The first-order chi connectivity index (χ1) is 9.63. The van der Waals surface area contributed by atoms with Gasteiger partial charge in [0, 0.05) is 40.2 Å². The predicted molar refractivity (Wildman–Crippen MR) is 85.4 cm³/mol. The maximum Gasteiger partial charge on any atom is 0.0466 e. The van der Waals surface area contributed by atoms with E-state index in [0.29, 0.717) is 0 Å². The Bertz CT molecular complexity index is 758. The lowest BCUT2D eigenvalue weighted by molar-refractivity contribution is 1.36. The van der Waals surface area contributed by atoms with Crippen LogP contribution in [0.3, 0.4) is 0 Å². The van der Waals surface area contributed by atoms with Crippen molar-refractivity contribution in [1.82, 2.24) is 4.98 Å². The van der Waals surface area contributed by atoms with Gasteiger partial charge in [-0.25, -0.2) is 0 Å². The minimum Gasteiger partial charge on any atom is -0.398 e. The summed E-state index contributed by atoms with van der Waals surface area (Å²) in [6.45, 7) is 4.20. The van der Waals surface area contributed by atoms with Crippen LogP contribution in [0.2, 0.25) is 0 Å². The summed E-state index contributed by atoms with van der Waals surface area (Å²) in [5, 5.41) is 5.53. The van der Waals surface area contributed by atoms with Gasteiger partial charge in [-0.2, -0.15) is 0 Å². The largest absolute Gasteiger partial charge is 0.398 e. The molecule has 2 aromatic carbocycles. The van der Waals surface area contributed by atoms with Crippen molar-refractivity contribution in [2.75, 3.05) is 11.1 Å². The Labute approximate surface area is 118 Å². The molecule has 0 amide bonds. The van der Waals surface area contributed by atoms with E-state index in [1.165, 1.54) is 11.1 Å². The van der Waals surface area contributed by atoms with Gasteiger partial charge in [0.1, 0.15) is 0 Å². The quantitative estimate of drug-likeness (QED) is 0.682. The molecule has 3 rings (SSSR count). The number of pyridine rings is 1. The van der Waals surface area contributed by atoms with Crippen molar-refractivity contribution in [3.8, 4) is 0 Å². The van der Waals surface area contributed by atoms with Gasteiger partial charge < -0.3 is 11.1 Å². The molecule has 0 saturated carbocycles. The van der Waals surface area contributed by atoms with Gasteiger partial charge in [0.05, 0.1) is 0 Å². The summed E-state index contributed by atoms with van der Waals surface area (Å²) in [6.07, 6.45) is 3.59. The molecular formula is C17H17N3. The molecule has 3 N–H and O–H groups in total. The minimum atomic E-state index is 0.749. The number of rotatable bonds is 2. The number of benzene rings is 2. The van der Waals surface area contributed by atoms with Crippen LogP contribution in [0.4, 0.5) is 17.1 Å². The molecule has 0 bridgehead atoms.